The Morgan fingerprint density at radius 2 is 2.33 bits per heavy atom. The van der Waals surface area contributed by atoms with Gasteiger partial charge in [-0.1, -0.05) is 6.08 Å². The maximum absolute atomic E-state index is 12.0. The molecule has 0 saturated carbocycles. The van der Waals surface area contributed by atoms with Gasteiger partial charge in [0.15, 0.2) is 9.84 Å². The summed E-state index contributed by atoms with van der Waals surface area (Å²) in [6.45, 7) is -0.300. The number of carbonyl (C=O) groups excluding carboxylic acids is 1. The Bertz CT molecular complexity index is 756. The molecule has 1 atom stereocenters. The number of nitrogens with zero attached hydrogens (tertiary/aromatic N) is 2. The Balaban J connectivity index is 2.20. The molecule has 0 amide bonds. The van der Waals surface area contributed by atoms with Crippen LogP contribution in [0.3, 0.4) is 0 Å². The first-order valence-corrected chi connectivity index (χ1v) is 8.33. The summed E-state index contributed by atoms with van der Waals surface area (Å²) in [6, 6.07) is -0.427. The summed E-state index contributed by atoms with van der Waals surface area (Å²) in [5.41, 5.74) is -0.164. The number of halogens is 1. The minimum absolute atomic E-state index is 0.0787. The Morgan fingerprint density at radius 3 is 2.90 bits per heavy atom. The number of anilines is 1. The molecule has 21 heavy (non-hydrogen) atoms. The first-order valence-electron chi connectivity index (χ1n) is 5.82. The number of methoxy groups -OCH3 is 1. The third-order valence-electron chi connectivity index (χ3n) is 2.76. The molecule has 2 rings (SSSR count). The van der Waals surface area contributed by atoms with Crippen LogP contribution in [0.5, 0.6) is 0 Å². The number of hydrogen-bond donors (Lipinski definition) is 1. The van der Waals surface area contributed by atoms with Gasteiger partial charge in [0.25, 0.3) is 5.56 Å². The summed E-state index contributed by atoms with van der Waals surface area (Å²) in [4.78, 5) is 23.2. The van der Waals surface area contributed by atoms with E-state index in [1.54, 1.807) is 0 Å². The predicted molar refractivity (Wildman–Crippen MR) is 78.6 cm³/mol. The summed E-state index contributed by atoms with van der Waals surface area (Å²) >= 11 is 3.12. The van der Waals surface area contributed by atoms with E-state index in [1.165, 1.54) is 19.4 Å². The van der Waals surface area contributed by atoms with Crippen LogP contribution in [0.1, 0.15) is 0 Å². The normalized spacial score (nSPS) is 19.4. The molecule has 1 aliphatic heterocycles. The Labute approximate surface area is 128 Å². The molecule has 0 bridgehead atoms. The zero-order valence-corrected chi connectivity index (χ0v) is 13.3. The maximum atomic E-state index is 12.0. The summed E-state index contributed by atoms with van der Waals surface area (Å²) in [5.74, 6) is -0.674. The number of nitrogens with one attached hydrogen (secondary N) is 1. The zero-order chi connectivity index (χ0) is 15.6. The highest BCUT2D eigenvalue weighted by atomic mass is 79.9. The molecule has 2 heterocycles. The summed E-state index contributed by atoms with van der Waals surface area (Å²) < 4.78 is 28.2. The lowest BCUT2D eigenvalue weighted by Crippen LogP contribution is -2.30. The van der Waals surface area contributed by atoms with Gasteiger partial charge in [0.1, 0.15) is 11.0 Å². The molecule has 114 valence electrons. The molecule has 0 radical (unpaired) electrons. The highest BCUT2D eigenvalue weighted by Crippen LogP contribution is 2.20. The van der Waals surface area contributed by atoms with Crippen molar-refractivity contribution in [2.24, 2.45) is 0 Å². The van der Waals surface area contributed by atoms with E-state index in [-0.39, 0.29) is 16.8 Å². The second-order valence-corrected chi connectivity index (χ2v) is 7.04. The molecular weight excluding hydrogens is 366 g/mol. The van der Waals surface area contributed by atoms with E-state index in [0.717, 1.165) is 10.1 Å². The monoisotopic (exact) mass is 377 g/mol. The topological polar surface area (TPSA) is 107 Å². The first kappa shape index (κ1) is 15.7. The minimum Gasteiger partial charge on any atom is -0.468 e. The van der Waals surface area contributed by atoms with Crippen LogP contribution in [0.2, 0.25) is 0 Å². The molecule has 1 aromatic rings. The van der Waals surface area contributed by atoms with Crippen molar-refractivity contribution in [1.29, 1.82) is 0 Å². The van der Waals surface area contributed by atoms with E-state index in [2.05, 4.69) is 31.1 Å². The van der Waals surface area contributed by atoms with Gasteiger partial charge < -0.3 is 10.1 Å². The fraction of sp³-hybridized carbons (Fsp3) is 0.364. The van der Waals surface area contributed by atoms with E-state index in [9.17, 15) is 18.0 Å². The molecule has 0 fully saturated rings. The molecule has 0 spiro atoms. The van der Waals surface area contributed by atoms with Gasteiger partial charge in [-0.25, -0.2) is 13.1 Å². The van der Waals surface area contributed by atoms with Crippen molar-refractivity contribution >= 4 is 37.4 Å². The molecule has 0 aromatic carbocycles. The van der Waals surface area contributed by atoms with Gasteiger partial charge >= 0.3 is 5.97 Å². The Morgan fingerprint density at radius 1 is 1.62 bits per heavy atom. The lowest BCUT2D eigenvalue weighted by atomic mass is 10.3. The molecule has 0 saturated heterocycles. The van der Waals surface area contributed by atoms with Crippen molar-refractivity contribution in [3.63, 3.8) is 0 Å². The van der Waals surface area contributed by atoms with Gasteiger partial charge in [-0.05, 0) is 15.9 Å². The second kappa shape index (κ2) is 5.98. The average Bonchev–Trinajstić information content (AvgIpc) is 2.77. The fourth-order valence-corrected chi connectivity index (χ4v) is 3.39. The number of aromatic nitrogens is 2. The molecule has 8 nitrogen and oxygen atoms in total. The van der Waals surface area contributed by atoms with Crippen molar-refractivity contribution in [3.8, 4) is 0 Å². The largest absolute Gasteiger partial charge is 0.468 e. The lowest BCUT2D eigenvalue weighted by Gasteiger charge is -2.13. The Hall–Kier alpha value is -1.68. The SMILES string of the molecule is COC(=O)Cn1ncc(NC2C=CS(=O)(=O)C2)c(Br)c1=O. The lowest BCUT2D eigenvalue weighted by molar-refractivity contribution is -0.141. The van der Waals surface area contributed by atoms with Crippen LogP contribution in [0.25, 0.3) is 0 Å². The quantitative estimate of drug-likeness (QED) is 0.729. The van der Waals surface area contributed by atoms with Gasteiger partial charge in [0.05, 0.1) is 30.8 Å². The highest BCUT2D eigenvalue weighted by molar-refractivity contribution is 9.10. The summed E-state index contributed by atoms with van der Waals surface area (Å²) in [5, 5.41) is 7.87. The van der Waals surface area contributed by atoms with Gasteiger partial charge in [0.2, 0.25) is 0 Å². The van der Waals surface area contributed by atoms with Crippen LogP contribution in [-0.4, -0.2) is 43.1 Å². The van der Waals surface area contributed by atoms with Crippen LogP contribution in [0, 0.1) is 0 Å². The first-order chi connectivity index (χ1) is 9.82. The molecule has 1 N–H and O–H groups in total. The van der Waals surface area contributed by atoms with Crippen molar-refractivity contribution in [1.82, 2.24) is 9.78 Å². The van der Waals surface area contributed by atoms with Gasteiger partial charge in [-0.3, -0.25) is 9.59 Å². The second-order valence-electron chi connectivity index (χ2n) is 4.32. The number of esters is 1. The molecule has 1 aliphatic rings. The van der Waals surface area contributed by atoms with Crippen LogP contribution in [-0.2, 0) is 25.9 Å². The van der Waals surface area contributed by atoms with Crippen molar-refractivity contribution in [3.05, 3.63) is 32.5 Å². The summed E-state index contributed by atoms with van der Waals surface area (Å²) in [7, 11) is -1.98. The van der Waals surface area contributed by atoms with E-state index in [0.29, 0.717) is 5.69 Å². The summed E-state index contributed by atoms with van der Waals surface area (Å²) in [6.07, 6.45) is 2.84. The number of ether oxygens (including phenoxy) is 1. The molecule has 10 heteroatoms. The average molecular weight is 378 g/mol. The van der Waals surface area contributed by atoms with Crippen molar-refractivity contribution in [2.75, 3.05) is 18.2 Å². The number of carbonyl (C=O) groups is 1. The number of hydrogen-bond acceptors (Lipinski definition) is 7. The van der Waals surface area contributed by atoms with Crippen molar-refractivity contribution in [2.45, 2.75) is 12.6 Å². The molecule has 0 aliphatic carbocycles. The molecule has 1 unspecified atom stereocenters. The number of rotatable bonds is 4. The van der Waals surface area contributed by atoms with Gasteiger partial charge in [-0.15, -0.1) is 0 Å². The van der Waals surface area contributed by atoms with Crippen LogP contribution >= 0.6 is 15.9 Å². The minimum atomic E-state index is -3.19. The van der Waals surface area contributed by atoms with E-state index in [4.69, 9.17) is 0 Å². The van der Waals surface area contributed by atoms with E-state index < -0.39 is 27.4 Å². The van der Waals surface area contributed by atoms with E-state index in [1.807, 2.05) is 0 Å². The van der Waals surface area contributed by atoms with Gasteiger partial charge in [0, 0.05) is 5.41 Å². The molecule has 1 aromatic heterocycles. The van der Waals surface area contributed by atoms with Crippen LogP contribution in [0.15, 0.2) is 26.9 Å². The molecular formula is C11H12BrN3O5S. The Kier molecular flexibility index (Phi) is 4.47. The van der Waals surface area contributed by atoms with E-state index >= 15 is 0 Å². The maximum Gasteiger partial charge on any atom is 0.327 e. The zero-order valence-electron chi connectivity index (χ0n) is 10.9. The fourth-order valence-electron chi connectivity index (χ4n) is 1.73. The third-order valence-corrected chi connectivity index (χ3v) is 4.92. The number of sulfone groups is 1. The van der Waals surface area contributed by atoms with Crippen LogP contribution < -0.4 is 10.9 Å². The van der Waals surface area contributed by atoms with Crippen LogP contribution in [0.4, 0.5) is 5.69 Å². The highest BCUT2D eigenvalue weighted by Gasteiger charge is 2.23. The third kappa shape index (κ3) is 3.70. The predicted octanol–water partition coefficient (Wildman–Crippen LogP) is -0.0986. The standard InChI is InChI=1S/C11H12BrN3O5S/c1-20-9(16)5-15-11(17)10(12)8(4-13-15)14-7-2-3-21(18,19)6-7/h2-4,7,14H,5-6H2,1H3. The van der Waals surface area contributed by atoms with Gasteiger partial charge in [-0.2, -0.15) is 5.10 Å². The van der Waals surface area contributed by atoms with Crippen molar-refractivity contribution < 1.29 is 17.9 Å². The smallest absolute Gasteiger partial charge is 0.327 e.